The van der Waals surface area contributed by atoms with Gasteiger partial charge >= 0.3 is 0 Å². The standard InChI is InChI=1S/C21H25FN2O2/c1-15(2)13-24-9-10-26-20-8-7-16(11-18(20)14-24)21(25)23-12-17-5-3-4-6-19(17)22/h3-8,11,15H,9-10,12-14H2,1-2H3,(H,23,25). The van der Waals surface area contributed by atoms with Crippen LogP contribution in [0.4, 0.5) is 4.39 Å². The summed E-state index contributed by atoms with van der Waals surface area (Å²) in [6.07, 6.45) is 0. The quantitative estimate of drug-likeness (QED) is 0.890. The lowest BCUT2D eigenvalue weighted by Crippen LogP contribution is -2.29. The van der Waals surface area contributed by atoms with Crippen molar-refractivity contribution in [2.45, 2.75) is 26.9 Å². The maximum absolute atomic E-state index is 13.7. The van der Waals surface area contributed by atoms with E-state index in [9.17, 15) is 9.18 Å². The Kier molecular flexibility index (Phi) is 5.89. The van der Waals surface area contributed by atoms with Crippen molar-refractivity contribution in [1.82, 2.24) is 10.2 Å². The van der Waals surface area contributed by atoms with E-state index in [0.29, 0.717) is 23.7 Å². The molecule has 0 saturated heterocycles. The van der Waals surface area contributed by atoms with Crippen molar-refractivity contribution in [2.24, 2.45) is 5.92 Å². The van der Waals surface area contributed by atoms with E-state index in [0.717, 1.165) is 30.9 Å². The zero-order valence-electron chi connectivity index (χ0n) is 15.3. The predicted octanol–water partition coefficient (Wildman–Crippen LogP) is 3.61. The number of ether oxygens (including phenoxy) is 1. The summed E-state index contributed by atoms with van der Waals surface area (Å²) in [5.41, 5.74) is 2.05. The van der Waals surface area contributed by atoms with Crippen LogP contribution in [0.15, 0.2) is 42.5 Å². The summed E-state index contributed by atoms with van der Waals surface area (Å²) < 4.78 is 19.5. The molecule has 0 fully saturated rings. The zero-order chi connectivity index (χ0) is 18.5. The molecule has 138 valence electrons. The summed E-state index contributed by atoms with van der Waals surface area (Å²) in [6, 6.07) is 11.9. The number of benzene rings is 2. The van der Waals surface area contributed by atoms with Crippen LogP contribution in [0.5, 0.6) is 5.75 Å². The average Bonchev–Trinajstić information content (AvgIpc) is 2.81. The minimum absolute atomic E-state index is 0.165. The summed E-state index contributed by atoms with van der Waals surface area (Å²) >= 11 is 0. The molecule has 0 aliphatic carbocycles. The molecule has 0 saturated carbocycles. The molecular weight excluding hydrogens is 331 g/mol. The minimum atomic E-state index is -0.313. The molecule has 4 nitrogen and oxygen atoms in total. The number of nitrogens with zero attached hydrogens (tertiary/aromatic N) is 1. The fourth-order valence-electron chi connectivity index (χ4n) is 3.18. The van der Waals surface area contributed by atoms with E-state index in [1.54, 1.807) is 24.3 Å². The van der Waals surface area contributed by atoms with Crippen LogP contribution in [0, 0.1) is 11.7 Å². The summed E-state index contributed by atoms with van der Waals surface area (Å²) in [6.45, 7) is 7.84. The number of nitrogens with one attached hydrogen (secondary N) is 1. The van der Waals surface area contributed by atoms with Gasteiger partial charge in [0.25, 0.3) is 5.91 Å². The highest BCUT2D eigenvalue weighted by Gasteiger charge is 2.18. The Labute approximate surface area is 154 Å². The molecule has 1 heterocycles. The first kappa shape index (κ1) is 18.4. The molecule has 0 bridgehead atoms. The van der Waals surface area contributed by atoms with Crippen LogP contribution in [0.3, 0.4) is 0 Å². The molecule has 0 radical (unpaired) electrons. The van der Waals surface area contributed by atoms with E-state index >= 15 is 0 Å². The third-order valence-electron chi connectivity index (χ3n) is 4.40. The Morgan fingerprint density at radius 1 is 1.27 bits per heavy atom. The van der Waals surface area contributed by atoms with E-state index < -0.39 is 0 Å². The number of hydrogen-bond donors (Lipinski definition) is 1. The Balaban J connectivity index is 1.70. The number of halogens is 1. The van der Waals surface area contributed by atoms with Crippen LogP contribution < -0.4 is 10.1 Å². The van der Waals surface area contributed by atoms with E-state index in [-0.39, 0.29) is 18.3 Å². The van der Waals surface area contributed by atoms with Crippen molar-refractivity contribution < 1.29 is 13.9 Å². The van der Waals surface area contributed by atoms with Gasteiger partial charge in [-0.25, -0.2) is 4.39 Å². The molecule has 2 aromatic carbocycles. The van der Waals surface area contributed by atoms with Gasteiger partial charge in [-0.05, 0) is 30.2 Å². The molecule has 0 spiro atoms. The first-order valence-corrected chi connectivity index (χ1v) is 9.02. The average molecular weight is 356 g/mol. The molecule has 26 heavy (non-hydrogen) atoms. The number of amides is 1. The number of carbonyl (C=O) groups is 1. The van der Waals surface area contributed by atoms with Crippen LogP contribution in [0.1, 0.15) is 35.3 Å². The normalized spacial score (nSPS) is 14.5. The van der Waals surface area contributed by atoms with Crippen molar-refractivity contribution >= 4 is 5.91 Å². The molecule has 1 amide bonds. The van der Waals surface area contributed by atoms with Gasteiger partial charge in [-0.3, -0.25) is 9.69 Å². The third-order valence-corrected chi connectivity index (χ3v) is 4.40. The van der Waals surface area contributed by atoms with Gasteiger partial charge in [0.05, 0.1) is 0 Å². The van der Waals surface area contributed by atoms with E-state index in [1.165, 1.54) is 6.07 Å². The summed E-state index contributed by atoms with van der Waals surface area (Å²) in [4.78, 5) is 14.8. The monoisotopic (exact) mass is 356 g/mol. The smallest absolute Gasteiger partial charge is 0.251 e. The Morgan fingerprint density at radius 3 is 2.85 bits per heavy atom. The molecule has 0 atom stereocenters. The van der Waals surface area contributed by atoms with Crippen LogP contribution >= 0.6 is 0 Å². The fourth-order valence-corrected chi connectivity index (χ4v) is 3.18. The van der Waals surface area contributed by atoms with E-state index in [4.69, 9.17) is 4.74 Å². The predicted molar refractivity (Wildman–Crippen MR) is 99.6 cm³/mol. The van der Waals surface area contributed by atoms with Crippen LogP contribution in [-0.2, 0) is 13.1 Å². The van der Waals surface area contributed by atoms with E-state index in [1.807, 2.05) is 12.1 Å². The molecule has 1 aliphatic heterocycles. The van der Waals surface area contributed by atoms with Gasteiger partial charge in [0.2, 0.25) is 0 Å². The molecule has 2 aromatic rings. The van der Waals surface area contributed by atoms with Crippen LogP contribution in [0.25, 0.3) is 0 Å². The highest BCUT2D eigenvalue weighted by Crippen LogP contribution is 2.25. The highest BCUT2D eigenvalue weighted by atomic mass is 19.1. The third kappa shape index (κ3) is 4.61. The van der Waals surface area contributed by atoms with Gasteiger partial charge in [-0.1, -0.05) is 32.0 Å². The lowest BCUT2D eigenvalue weighted by Gasteiger charge is -2.21. The van der Waals surface area contributed by atoms with Gasteiger partial charge in [0.15, 0.2) is 0 Å². The highest BCUT2D eigenvalue weighted by molar-refractivity contribution is 5.94. The second-order valence-corrected chi connectivity index (χ2v) is 7.07. The minimum Gasteiger partial charge on any atom is -0.492 e. The molecule has 0 aromatic heterocycles. The summed E-state index contributed by atoms with van der Waals surface area (Å²) in [5, 5.41) is 2.79. The maximum Gasteiger partial charge on any atom is 0.251 e. The van der Waals surface area contributed by atoms with Gasteiger partial charge in [0.1, 0.15) is 18.2 Å². The largest absolute Gasteiger partial charge is 0.492 e. The fraction of sp³-hybridized carbons (Fsp3) is 0.381. The number of hydrogen-bond acceptors (Lipinski definition) is 3. The van der Waals surface area contributed by atoms with Crippen LogP contribution in [0.2, 0.25) is 0 Å². The SMILES string of the molecule is CC(C)CN1CCOc2ccc(C(=O)NCc3ccccc3F)cc2C1. The zero-order valence-corrected chi connectivity index (χ0v) is 15.3. The lowest BCUT2D eigenvalue weighted by molar-refractivity contribution is 0.0950. The number of rotatable bonds is 5. The molecular formula is C21H25FN2O2. The van der Waals surface area contributed by atoms with Crippen molar-refractivity contribution in [2.75, 3.05) is 19.7 Å². The van der Waals surface area contributed by atoms with Crippen molar-refractivity contribution in [1.29, 1.82) is 0 Å². The second-order valence-electron chi connectivity index (χ2n) is 7.07. The first-order valence-electron chi connectivity index (χ1n) is 9.02. The topological polar surface area (TPSA) is 41.6 Å². The molecule has 1 N–H and O–H groups in total. The van der Waals surface area contributed by atoms with Crippen molar-refractivity contribution in [3.05, 3.63) is 65.0 Å². The molecule has 5 heteroatoms. The maximum atomic E-state index is 13.7. The Morgan fingerprint density at radius 2 is 2.08 bits per heavy atom. The van der Waals surface area contributed by atoms with Crippen molar-refractivity contribution in [3.8, 4) is 5.75 Å². The van der Waals surface area contributed by atoms with Gasteiger partial charge in [-0.15, -0.1) is 0 Å². The number of carbonyl (C=O) groups excluding carboxylic acids is 1. The van der Waals surface area contributed by atoms with E-state index in [2.05, 4.69) is 24.1 Å². The van der Waals surface area contributed by atoms with Gasteiger partial charge in [0, 0.05) is 42.9 Å². The molecule has 3 rings (SSSR count). The van der Waals surface area contributed by atoms with Crippen LogP contribution in [-0.4, -0.2) is 30.5 Å². The summed E-state index contributed by atoms with van der Waals surface area (Å²) in [5.74, 6) is 0.883. The second kappa shape index (κ2) is 8.32. The van der Waals surface area contributed by atoms with Gasteiger partial charge in [-0.2, -0.15) is 0 Å². The van der Waals surface area contributed by atoms with Crippen molar-refractivity contribution in [3.63, 3.8) is 0 Å². The molecule has 1 aliphatic rings. The van der Waals surface area contributed by atoms with Gasteiger partial charge < -0.3 is 10.1 Å². The molecule has 0 unspecified atom stereocenters. The Bertz CT molecular complexity index is 776. The number of fused-ring (bicyclic) bond motifs is 1. The Hall–Kier alpha value is -2.40. The summed E-state index contributed by atoms with van der Waals surface area (Å²) in [7, 11) is 0. The first-order chi connectivity index (χ1) is 12.5. The lowest BCUT2D eigenvalue weighted by atomic mass is 10.1.